The summed E-state index contributed by atoms with van der Waals surface area (Å²) in [5.74, 6) is -2.36. The normalized spacial score (nSPS) is 20.0. The molecule has 2 atom stereocenters. The summed E-state index contributed by atoms with van der Waals surface area (Å²) in [5.41, 5.74) is 2.57. The lowest BCUT2D eigenvalue weighted by atomic mass is 9.81. The van der Waals surface area contributed by atoms with Gasteiger partial charge in [-0.25, -0.2) is 4.79 Å². The topological polar surface area (TPSA) is 76.0 Å². The molecule has 4 rings (SSSR count). The molecule has 2 N–H and O–H groups in total. The van der Waals surface area contributed by atoms with Gasteiger partial charge in [-0.15, -0.1) is 0 Å². The van der Waals surface area contributed by atoms with Crippen molar-refractivity contribution in [2.75, 3.05) is 0 Å². The lowest BCUT2D eigenvalue weighted by Gasteiger charge is -2.39. The summed E-state index contributed by atoms with van der Waals surface area (Å²) in [6, 6.07) is 28.3. The van der Waals surface area contributed by atoms with Crippen LogP contribution >= 0.6 is 11.6 Å². The zero-order valence-electron chi connectivity index (χ0n) is 18.4. The van der Waals surface area contributed by atoms with Crippen LogP contribution in [0.3, 0.4) is 0 Å². The Balaban J connectivity index is 1.73. The highest BCUT2D eigenvalue weighted by atomic mass is 35.5. The van der Waals surface area contributed by atoms with Crippen molar-refractivity contribution < 1.29 is 24.5 Å². The van der Waals surface area contributed by atoms with Gasteiger partial charge in [0, 0.05) is 11.5 Å². The number of halogens is 1. The Labute approximate surface area is 203 Å². The Bertz CT molecular complexity index is 1180. The monoisotopic (exact) mass is 476 g/mol. The number of aliphatic carboxylic acids is 1. The van der Waals surface area contributed by atoms with E-state index in [1.165, 1.54) is 6.08 Å². The number of ether oxygens (including phenoxy) is 2. The van der Waals surface area contributed by atoms with E-state index in [1.54, 1.807) is 0 Å². The molecule has 0 bridgehead atoms. The quantitative estimate of drug-likeness (QED) is 0.370. The number of carboxylic acid groups (broad SMARTS) is 1. The zero-order chi connectivity index (χ0) is 24.0. The molecule has 0 fully saturated rings. The Hall–Kier alpha value is -3.54. The molecule has 0 saturated carbocycles. The van der Waals surface area contributed by atoms with Crippen LogP contribution in [0.1, 0.15) is 16.7 Å². The fourth-order valence-corrected chi connectivity index (χ4v) is 4.38. The third-order valence-corrected chi connectivity index (χ3v) is 6.25. The second-order valence-corrected chi connectivity index (χ2v) is 8.62. The predicted octanol–water partition coefficient (Wildman–Crippen LogP) is 6.01. The third-order valence-electron chi connectivity index (χ3n) is 5.71. The number of benzene rings is 3. The molecule has 2 unspecified atom stereocenters. The lowest BCUT2D eigenvalue weighted by molar-refractivity contribution is -0.135. The summed E-state index contributed by atoms with van der Waals surface area (Å²) in [6.07, 6.45) is 1.49. The van der Waals surface area contributed by atoms with Crippen LogP contribution in [0.25, 0.3) is 0 Å². The second-order valence-electron chi connectivity index (χ2n) is 8.06. The van der Waals surface area contributed by atoms with Crippen LogP contribution < -0.4 is 0 Å². The average molecular weight is 477 g/mol. The minimum atomic E-state index is -1.74. The maximum Gasteiger partial charge on any atom is 0.332 e. The van der Waals surface area contributed by atoms with Gasteiger partial charge in [-0.2, -0.15) is 0 Å². The first-order chi connectivity index (χ1) is 16.5. The fraction of sp³-hybridized carbons (Fsp3) is 0.179. The summed E-state index contributed by atoms with van der Waals surface area (Å²) in [7, 11) is 0. The van der Waals surface area contributed by atoms with Crippen LogP contribution in [0.4, 0.5) is 0 Å². The molecule has 174 valence electrons. The van der Waals surface area contributed by atoms with E-state index in [0.717, 1.165) is 16.7 Å². The second kappa shape index (κ2) is 10.6. The number of hydrogen-bond donors (Lipinski definition) is 2. The van der Waals surface area contributed by atoms with Gasteiger partial charge in [0.25, 0.3) is 0 Å². The highest BCUT2D eigenvalue weighted by molar-refractivity contribution is 6.25. The molecule has 3 aromatic carbocycles. The number of allylic oxidation sites excluding steroid dienone is 1. The maximum absolute atomic E-state index is 12.2. The van der Waals surface area contributed by atoms with Crippen molar-refractivity contribution in [1.82, 2.24) is 0 Å². The summed E-state index contributed by atoms with van der Waals surface area (Å²) in [6.45, 7) is 0.242. The van der Waals surface area contributed by atoms with Crippen molar-refractivity contribution in [2.24, 2.45) is 5.92 Å². The van der Waals surface area contributed by atoms with Gasteiger partial charge in [-0.3, -0.25) is 0 Å². The van der Waals surface area contributed by atoms with Crippen molar-refractivity contribution in [3.63, 3.8) is 0 Å². The minimum Gasteiger partial charge on any atom is -0.504 e. The van der Waals surface area contributed by atoms with Crippen molar-refractivity contribution >= 4 is 17.6 Å². The number of carboxylic acids is 1. The van der Waals surface area contributed by atoms with Crippen LogP contribution in [-0.2, 0) is 33.9 Å². The maximum atomic E-state index is 12.2. The van der Waals surface area contributed by atoms with Gasteiger partial charge >= 0.3 is 5.97 Å². The zero-order valence-corrected chi connectivity index (χ0v) is 19.2. The molecule has 0 aliphatic heterocycles. The van der Waals surface area contributed by atoms with E-state index < -0.39 is 16.9 Å². The number of aliphatic hydroxyl groups is 1. The number of carbonyl (C=O) groups is 1. The number of aliphatic hydroxyl groups excluding tert-OH is 1. The molecule has 0 spiro atoms. The van der Waals surface area contributed by atoms with E-state index in [-0.39, 0.29) is 36.7 Å². The summed E-state index contributed by atoms with van der Waals surface area (Å²) in [4.78, 5) is 12.2. The van der Waals surface area contributed by atoms with Crippen molar-refractivity contribution in [3.8, 4) is 0 Å². The first-order valence-electron chi connectivity index (χ1n) is 10.9. The number of hydrogen-bond acceptors (Lipinski definition) is 4. The fourth-order valence-electron chi connectivity index (χ4n) is 3.98. The standard InChI is InChI=1S/C28H25ClO5/c29-28(34-19-22-14-8-3-9-15-22)24(16-20-10-4-1-5-11-20)23(27(31)32)17-25(30)26(28)33-18-21-12-6-2-7-13-21/h1-15,17,24,30H,16,18-19H2,(H,31,32). The van der Waals surface area contributed by atoms with E-state index in [2.05, 4.69) is 0 Å². The van der Waals surface area contributed by atoms with Crippen LogP contribution in [-0.4, -0.2) is 21.2 Å². The van der Waals surface area contributed by atoms with Crippen molar-refractivity contribution in [1.29, 1.82) is 0 Å². The van der Waals surface area contributed by atoms with E-state index in [1.807, 2.05) is 91.0 Å². The first-order valence-corrected chi connectivity index (χ1v) is 11.3. The Morgan fingerprint density at radius 3 is 1.85 bits per heavy atom. The van der Waals surface area contributed by atoms with Crippen LogP contribution in [0, 0.1) is 5.92 Å². The van der Waals surface area contributed by atoms with Crippen molar-refractivity contribution in [2.45, 2.75) is 24.7 Å². The highest BCUT2D eigenvalue weighted by Gasteiger charge is 2.51. The van der Waals surface area contributed by atoms with Crippen LogP contribution in [0.15, 0.2) is 114 Å². The molecule has 0 heterocycles. The molecule has 0 aromatic heterocycles. The van der Waals surface area contributed by atoms with Gasteiger partial charge in [0.1, 0.15) is 6.61 Å². The first kappa shape index (κ1) is 23.6. The van der Waals surface area contributed by atoms with Crippen LogP contribution in [0.5, 0.6) is 0 Å². The summed E-state index contributed by atoms with van der Waals surface area (Å²) < 4.78 is 12.2. The molecule has 34 heavy (non-hydrogen) atoms. The highest BCUT2D eigenvalue weighted by Crippen LogP contribution is 2.46. The molecule has 1 aliphatic carbocycles. The van der Waals surface area contributed by atoms with E-state index in [0.29, 0.717) is 0 Å². The molecule has 6 heteroatoms. The molecule has 3 aromatic rings. The molecule has 0 radical (unpaired) electrons. The van der Waals surface area contributed by atoms with Crippen molar-refractivity contribution in [3.05, 3.63) is 131 Å². The largest absolute Gasteiger partial charge is 0.504 e. The molecular weight excluding hydrogens is 452 g/mol. The molecule has 5 nitrogen and oxygen atoms in total. The Morgan fingerprint density at radius 1 is 0.824 bits per heavy atom. The predicted molar refractivity (Wildman–Crippen MR) is 130 cm³/mol. The average Bonchev–Trinajstić information content (AvgIpc) is 2.86. The molecule has 0 amide bonds. The lowest BCUT2D eigenvalue weighted by Crippen LogP contribution is -2.44. The molecule has 0 saturated heterocycles. The Kier molecular flexibility index (Phi) is 7.36. The van der Waals surface area contributed by atoms with Gasteiger partial charge in [-0.1, -0.05) is 103 Å². The van der Waals surface area contributed by atoms with E-state index >= 15 is 0 Å². The number of alkyl halides is 1. The third kappa shape index (κ3) is 5.33. The minimum absolute atomic E-state index is 0.000109. The van der Waals surface area contributed by atoms with E-state index in [9.17, 15) is 15.0 Å². The van der Waals surface area contributed by atoms with Gasteiger partial charge in [0.15, 0.2) is 11.5 Å². The van der Waals surface area contributed by atoms with Gasteiger partial charge in [0.2, 0.25) is 5.06 Å². The molecular formula is C28H25ClO5. The van der Waals surface area contributed by atoms with Gasteiger partial charge < -0.3 is 19.7 Å². The Morgan fingerprint density at radius 2 is 1.32 bits per heavy atom. The smallest absolute Gasteiger partial charge is 0.332 e. The SMILES string of the molecule is O=C(O)C1=CC(O)=C(OCc2ccccc2)C(Cl)(OCc2ccccc2)C1Cc1ccccc1. The van der Waals surface area contributed by atoms with Gasteiger partial charge in [0.05, 0.1) is 6.61 Å². The van der Waals surface area contributed by atoms with Crippen LogP contribution in [0.2, 0.25) is 0 Å². The summed E-state index contributed by atoms with van der Waals surface area (Å²) >= 11 is 7.14. The molecule has 1 aliphatic rings. The van der Waals surface area contributed by atoms with Gasteiger partial charge in [-0.05, 0) is 29.2 Å². The van der Waals surface area contributed by atoms with E-state index in [4.69, 9.17) is 21.1 Å². The number of rotatable bonds is 9. The summed E-state index contributed by atoms with van der Waals surface area (Å²) in [5, 5.41) is 19.0.